The second-order valence-corrected chi connectivity index (χ2v) is 7.82. The lowest BCUT2D eigenvalue weighted by molar-refractivity contribution is -0.112. The van der Waals surface area contributed by atoms with Crippen LogP contribution in [0.3, 0.4) is 0 Å². The van der Waals surface area contributed by atoms with E-state index in [0.29, 0.717) is 60.6 Å². The van der Waals surface area contributed by atoms with Gasteiger partial charge in [-0.1, -0.05) is 28.9 Å². The van der Waals surface area contributed by atoms with Crippen molar-refractivity contribution < 1.29 is 28.3 Å². The molecule has 3 aromatic rings. The number of carbonyl (C=O) groups excluding carboxylic acids is 1. The predicted molar refractivity (Wildman–Crippen MR) is 135 cm³/mol. The maximum Gasteiger partial charge on any atom is 0.267 e. The predicted octanol–water partition coefficient (Wildman–Crippen LogP) is 5.44. The van der Waals surface area contributed by atoms with Crippen LogP contribution in [0.4, 0.5) is 5.82 Å². The Morgan fingerprint density at radius 1 is 1.14 bits per heavy atom. The number of nitriles is 1. The fourth-order valence-electron chi connectivity index (χ4n) is 3.15. The fraction of sp³-hybridized carbons (Fsp3) is 0.269. The van der Waals surface area contributed by atoms with Crippen LogP contribution in [-0.4, -0.2) is 38.0 Å². The van der Waals surface area contributed by atoms with Gasteiger partial charge in [0.25, 0.3) is 5.91 Å². The molecular weight excluding hydrogens is 486 g/mol. The molecule has 10 heteroatoms. The van der Waals surface area contributed by atoms with Gasteiger partial charge in [0.1, 0.15) is 17.4 Å². The zero-order chi connectivity index (χ0) is 25.9. The zero-order valence-corrected chi connectivity index (χ0v) is 20.9. The second kappa shape index (κ2) is 13.1. The van der Waals surface area contributed by atoms with Crippen molar-refractivity contribution in [1.29, 1.82) is 5.26 Å². The van der Waals surface area contributed by atoms with Crippen LogP contribution in [0.5, 0.6) is 23.0 Å². The van der Waals surface area contributed by atoms with Crippen LogP contribution in [0.25, 0.3) is 6.08 Å². The number of halogens is 1. The van der Waals surface area contributed by atoms with Crippen molar-refractivity contribution >= 4 is 29.4 Å². The molecule has 0 aliphatic rings. The molecule has 0 aliphatic heterocycles. The van der Waals surface area contributed by atoms with Crippen molar-refractivity contribution in [2.75, 3.05) is 32.2 Å². The number of aryl methyl sites for hydroxylation is 1. The van der Waals surface area contributed by atoms with Gasteiger partial charge in [-0.3, -0.25) is 4.79 Å². The van der Waals surface area contributed by atoms with Gasteiger partial charge >= 0.3 is 0 Å². The summed E-state index contributed by atoms with van der Waals surface area (Å²) in [6.07, 6.45) is 1.99. The van der Waals surface area contributed by atoms with E-state index in [1.54, 1.807) is 32.2 Å². The van der Waals surface area contributed by atoms with Crippen molar-refractivity contribution in [3.63, 3.8) is 0 Å². The Morgan fingerprint density at radius 2 is 1.89 bits per heavy atom. The quantitative estimate of drug-likeness (QED) is 0.194. The number of benzene rings is 2. The average Bonchev–Trinajstić information content (AvgIpc) is 3.28. The number of hydrogen-bond acceptors (Lipinski definition) is 8. The molecule has 0 radical (unpaired) electrons. The van der Waals surface area contributed by atoms with Crippen LogP contribution in [0.1, 0.15) is 24.7 Å². The van der Waals surface area contributed by atoms with E-state index in [9.17, 15) is 10.1 Å². The molecule has 0 saturated heterocycles. The molecule has 0 unspecified atom stereocenters. The summed E-state index contributed by atoms with van der Waals surface area (Å²) in [6.45, 7) is 4.63. The Labute approximate surface area is 214 Å². The van der Waals surface area contributed by atoms with E-state index in [-0.39, 0.29) is 16.4 Å². The highest BCUT2D eigenvalue weighted by atomic mass is 35.5. The SMILES string of the molecule is CCOc1cc(/C=C(/C#N)C(=O)Nc2cc(C)on2)cc(Cl)c1OCCCOc1ccccc1OC. The largest absolute Gasteiger partial charge is 0.493 e. The second-order valence-electron chi connectivity index (χ2n) is 7.41. The highest BCUT2D eigenvalue weighted by molar-refractivity contribution is 6.32. The van der Waals surface area contributed by atoms with Crippen molar-refractivity contribution in [3.8, 4) is 29.1 Å². The monoisotopic (exact) mass is 511 g/mol. The molecule has 0 aliphatic carbocycles. The number of anilines is 1. The normalized spacial score (nSPS) is 10.9. The summed E-state index contributed by atoms with van der Waals surface area (Å²) in [5.74, 6) is 2.19. The summed E-state index contributed by atoms with van der Waals surface area (Å²) in [7, 11) is 1.59. The summed E-state index contributed by atoms with van der Waals surface area (Å²) in [6, 6.07) is 14.1. The number of para-hydroxylation sites is 2. The Morgan fingerprint density at radius 3 is 2.56 bits per heavy atom. The number of aromatic nitrogens is 1. The number of methoxy groups -OCH3 is 1. The molecule has 2 aromatic carbocycles. The van der Waals surface area contributed by atoms with Gasteiger partial charge in [0.15, 0.2) is 28.8 Å². The smallest absolute Gasteiger partial charge is 0.267 e. The number of amides is 1. The van der Waals surface area contributed by atoms with Crippen LogP contribution in [0.15, 0.2) is 52.6 Å². The first kappa shape index (κ1) is 26.4. The molecule has 36 heavy (non-hydrogen) atoms. The van der Waals surface area contributed by atoms with Gasteiger partial charge in [0.2, 0.25) is 0 Å². The summed E-state index contributed by atoms with van der Waals surface area (Å²) >= 11 is 6.47. The molecule has 0 atom stereocenters. The van der Waals surface area contributed by atoms with E-state index in [0.717, 1.165) is 0 Å². The maximum atomic E-state index is 12.5. The molecule has 188 valence electrons. The first-order valence-electron chi connectivity index (χ1n) is 11.2. The van der Waals surface area contributed by atoms with Crippen LogP contribution >= 0.6 is 11.6 Å². The molecule has 0 spiro atoms. The minimum absolute atomic E-state index is 0.142. The Hall–Kier alpha value is -4.16. The first-order chi connectivity index (χ1) is 17.4. The van der Waals surface area contributed by atoms with Crippen LogP contribution in [0, 0.1) is 18.3 Å². The first-order valence-corrected chi connectivity index (χ1v) is 11.5. The lowest BCUT2D eigenvalue weighted by Gasteiger charge is -2.15. The third kappa shape index (κ3) is 7.17. The minimum Gasteiger partial charge on any atom is -0.493 e. The molecule has 1 aromatic heterocycles. The molecule has 0 fully saturated rings. The van der Waals surface area contributed by atoms with Crippen molar-refractivity contribution in [2.24, 2.45) is 0 Å². The van der Waals surface area contributed by atoms with Crippen molar-refractivity contribution in [1.82, 2.24) is 5.16 Å². The number of nitrogens with zero attached hydrogens (tertiary/aromatic N) is 2. The summed E-state index contributed by atoms with van der Waals surface area (Å²) in [5.41, 5.74) is 0.356. The van der Waals surface area contributed by atoms with Gasteiger partial charge in [-0.2, -0.15) is 5.26 Å². The van der Waals surface area contributed by atoms with E-state index in [2.05, 4.69) is 10.5 Å². The van der Waals surface area contributed by atoms with Gasteiger partial charge in [0, 0.05) is 12.5 Å². The van der Waals surface area contributed by atoms with Gasteiger partial charge < -0.3 is 28.8 Å². The van der Waals surface area contributed by atoms with Crippen molar-refractivity contribution in [3.05, 3.63) is 64.4 Å². The standard InChI is InChI=1S/C26H26ClN3O6/c1-4-33-23-15-18(13-19(16-28)26(31)29-24-12-17(2)36-30-24)14-20(27)25(23)35-11-7-10-34-22-9-6-5-8-21(22)32-3/h5-6,8-9,12-15H,4,7,10-11H2,1-3H3,(H,29,30,31)/b19-13-. The zero-order valence-electron chi connectivity index (χ0n) is 20.2. The Balaban J connectivity index is 1.66. The molecule has 1 heterocycles. The summed E-state index contributed by atoms with van der Waals surface area (Å²) < 4.78 is 27.5. The molecule has 9 nitrogen and oxygen atoms in total. The van der Waals surface area contributed by atoms with Gasteiger partial charge in [-0.25, -0.2) is 0 Å². The Kier molecular flexibility index (Phi) is 9.60. The van der Waals surface area contributed by atoms with Gasteiger partial charge in [-0.05, 0) is 49.8 Å². The highest BCUT2D eigenvalue weighted by Crippen LogP contribution is 2.37. The third-order valence-electron chi connectivity index (χ3n) is 4.74. The fourth-order valence-corrected chi connectivity index (χ4v) is 3.43. The minimum atomic E-state index is -0.629. The molecule has 1 N–H and O–H groups in total. The highest BCUT2D eigenvalue weighted by Gasteiger charge is 2.16. The van der Waals surface area contributed by atoms with E-state index >= 15 is 0 Å². The molecule has 1 amide bonds. The lowest BCUT2D eigenvalue weighted by Crippen LogP contribution is -2.13. The van der Waals surface area contributed by atoms with Gasteiger partial charge in [0.05, 0.1) is 32.0 Å². The Bertz CT molecular complexity index is 1260. The van der Waals surface area contributed by atoms with E-state index < -0.39 is 5.91 Å². The number of rotatable bonds is 12. The van der Waals surface area contributed by atoms with Crippen molar-refractivity contribution in [2.45, 2.75) is 20.3 Å². The third-order valence-corrected chi connectivity index (χ3v) is 5.02. The van der Waals surface area contributed by atoms with Crippen LogP contribution < -0.4 is 24.3 Å². The number of hydrogen-bond donors (Lipinski definition) is 1. The summed E-state index contributed by atoms with van der Waals surface area (Å²) in [4.78, 5) is 12.5. The van der Waals surface area contributed by atoms with Gasteiger partial charge in [-0.15, -0.1) is 0 Å². The molecule has 3 rings (SSSR count). The van der Waals surface area contributed by atoms with E-state index in [1.165, 1.54) is 6.08 Å². The van der Waals surface area contributed by atoms with Crippen LogP contribution in [-0.2, 0) is 4.79 Å². The maximum absolute atomic E-state index is 12.5. The summed E-state index contributed by atoms with van der Waals surface area (Å²) in [5, 5.41) is 16.0. The number of carbonyl (C=O) groups is 1. The topological polar surface area (TPSA) is 116 Å². The lowest BCUT2D eigenvalue weighted by atomic mass is 10.1. The van der Waals surface area contributed by atoms with Crippen LogP contribution in [0.2, 0.25) is 5.02 Å². The molecular formula is C26H26ClN3O6. The van der Waals surface area contributed by atoms with E-state index in [1.807, 2.05) is 37.3 Å². The van der Waals surface area contributed by atoms with E-state index in [4.69, 9.17) is 35.1 Å². The average molecular weight is 512 g/mol. The molecule has 0 bridgehead atoms. The number of nitrogens with one attached hydrogen (secondary N) is 1. The molecule has 0 saturated carbocycles. The number of ether oxygens (including phenoxy) is 4.